The van der Waals surface area contributed by atoms with E-state index in [9.17, 15) is 4.79 Å². The minimum Gasteiger partial charge on any atom is -0.315 e. The Bertz CT molecular complexity index is 695. The lowest BCUT2D eigenvalue weighted by Gasteiger charge is -2.32. The van der Waals surface area contributed by atoms with E-state index in [1.165, 1.54) is 0 Å². The number of carbonyl (C=O) groups excluding carboxylic acids is 1. The molecule has 1 aromatic carbocycles. The number of para-hydroxylation sites is 1. The quantitative estimate of drug-likeness (QED) is 0.818. The standard InChI is InChI=1S/C15H15ClN4O/c1-11-12(9-21)15(19-8-7-17-10-19)18(2)20(11)14-6-4-3-5-13(14)16/h3-10,15H,1-2H3. The molecule has 6 heteroatoms. The zero-order valence-corrected chi connectivity index (χ0v) is 12.5. The zero-order valence-electron chi connectivity index (χ0n) is 11.8. The summed E-state index contributed by atoms with van der Waals surface area (Å²) in [6.45, 7) is 1.92. The molecule has 21 heavy (non-hydrogen) atoms. The maximum Gasteiger partial charge on any atom is 0.151 e. The summed E-state index contributed by atoms with van der Waals surface area (Å²) in [5, 5.41) is 4.57. The molecule has 0 spiro atoms. The van der Waals surface area contributed by atoms with E-state index in [4.69, 9.17) is 11.6 Å². The van der Waals surface area contributed by atoms with Gasteiger partial charge in [0.2, 0.25) is 0 Å². The summed E-state index contributed by atoms with van der Waals surface area (Å²) in [4.78, 5) is 15.6. The normalized spacial score (nSPS) is 19.4. The third kappa shape index (κ3) is 2.14. The Hall–Kier alpha value is -2.11. The number of halogens is 1. The number of aromatic nitrogens is 2. The molecule has 2 aromatic rings. The van der Waals surface area contributed by atoms with Gasteiger partial charge >= 0.3 is 0 Å². The maximum atomic E-state index is 11.6. The van der Waals surface area contributed by atoms with Crippen molar-refractivity contribution >= 4 is 23.6 Å². The van der Waals surface area contributed by atoms with Crippen molar-refractivity contribution in [1.29, 1.82) is 0 Å². The fourth-order valence-corrected chi connectivity index (χ4v) is 2.96. The lowest BCUT2D eigenvalue weighted by atomic mass is 10.2. The summed E-state index contributed by atoms with van der Waals surface area (Å²) in [6.07, 6.45) is 5.92. The number of benzene rings is 1. The Labute approximate surface area is 128 Å². The number of hydrazine groups is 1. The highest BCUT2D eigenvalue weighted by atomic mass is 35.5. The molecule has 0 bridgehead atoms. The first-order chi connectivity index (χ1) is 10.1. The third-order valence-corrected chi connectivity index (χ3v) is 4.02. The number of hydrogen-bond donors (Lipinski definition) is 0. The predicted octanol–water partition coefficient (Wildman–Crippen LogP) is 2.88. The molecule has 2 heterocycles. The van der Waals surface area contributed by atoms with Gasteiger partial charge in [-0.05, 0) is 19.1 Å². The fourth-order valence-electron chi connectivity index (χ4n) is 2.74. The van der Waals surface area contributed by atoms with Crippen molar-refractivity contribution in [2.45, 2.75) is 13.1 Å². The van der Waals surface area contributed by atoms with Gasteiger partial charge in [0, 0.05) is 25.1 Å². The molecule has 5 nitrogen and oxygen atoms in total. The second-order valence-corrected chi connectivity index (χ2v) is 5.29. The number of hydrogen-bond acceptors (Lipinski definition) is 4. The lowest BCUT2D eigenvalue weighted by molar-refractivity contribution is -0.105. The van der Waals surface area contributed by atoms with Gasteiger partial charge in [-0.3, -0.25) is 9.80 Å². The van der Waals surface area contributed by atoms with Crippen LogP contribution in [0.1, 0.15) is 13.1 Å². The smallest absolute Gasteiger partial charge is 0.151 e. The van der Waals surface area contributed by atoms with Crippen LogP contribution in [0.4, 0.5) is 5.69 Å². The average molecular weight is 303 g/mol. The number of rotatable bonds is 3. The molecule has 3 rings (SSSR count). The summed E-state index contributed by atoms with van der Waals surface area (Å²) in [6, 6.07) is 7.58. The summed E-state index contributed by atoms with van der Waals surface area (Å²) in [7, 11) is 1.92. The van der Waals surface area contributed by atoms with Crippen molar-refractivity contribution in [3.8, 4) is 0 Å². The van der Waals surface area contributed by atoms with Gasteiger partial charge in [0.05, 0.1) is 22.6 Å². The van der Waals surface area contributed by atoms with Crippen molar-refractivity contribution < 1.29 is 4.79 Å². The topological polar surface area (TPSA) is 41.4 Å². The van der Waals surface area contributed by atoms with Crippen LogP contribution >= 0.6 is 11.6 Å². The molecule has 1 aromatic heterocycles. The van der Waals surface area contributed by atoms with E-state index < -0.39 is 0 Å². The van der Waals surface area contributed by atoms with Gasteiger partial charge in [-0.15, -0.1) is 0 Å². The highest BCUT2D eigenvalue weighted by molar-refractivity contribution is 6.33. The highest BCUT2D eigenvalue weighted by Gasteiger charge is 2.36. The third-order valence-electron chi connectivity index (χ3n) is 3.70. The zero-order chi connectivity index (χ0) is 15.0. The number of likely N-dealkylation sites (N-methyl/N-ethyl adjacent to an activating group) is 1. The van der Waals surface area contributed by atoms with Crippen LogP contribution in [0.2, 0.25) is 5.02 Å². The maximum absolute atomic E-state index is 11.6. The molecule has 0 amide bonds. The first-order valence-corrected chi connectivity index (χ1v) is 6.93. The molecular formula is C15H15ClN4O. The van der Waals surface area contributed by atoms with Gasteiger partial charge in [0.15, 0.2) is 6.29 Å². The van der Waals surface area contributed by atoms with Gasteiger partial charge in [0.25, 0.3) is 0 Å². The molecule has 0 saturated carbocycles. The van der Waals surface area contributed by atoms with Crippen LogP contribution in [0.25, 0.3) is 0 Å². The Kier molecular flexibility index (Phi) is 3.53. The van der Waals surface area contributed by atoms with Gasteiger partial charge in [-0.2, -0.15) is 5.01 Å². The Morgan fingerprint density at radius 2 is 2.10 bits per heavy atom. The molecule has 0 saturated heterocycles. The van der Waals surface area contributed by atoms with Gasteiger partial charge in [-0.25, -0.2) is 4.98 Å². The first-order valence-electron chi connectivity index (χ1n) is 6.56. The summed E-state index contributed by atoms with van der Waals surface area (Å²) >= 11 is 6.30. The monoisotopic (exact) mass is 302 g/mol. The lowest BCUT2D eigenvalue weighted by Crippen LogP contribution is -2.37. The minimum absolute atomic E-state index is 0.221. The van der Waals surface area contributed by atoms with Gasteiger partial charge < -0.3 is 4.57 Å². The van der Waals surface area contributed by atoms with Gasteiger partial charge in [0.1, 0.15) is 6.17 Å². The highest BCUT2D eigenvalue weighted by Crippen LogP contribution is 2.39. The number of aldehydes is 1. The molecule has 0 fully saturated rings. The Morgan fingerprint density at radius 3 is 2.71 bits per heavy atom. The van der Waals surface area contributed by atoms with Crippen LogP contribution in [0.5, 0.6) is 0 Å². The average Bonchev–Trinajstić information content (AvgIpc) is 3.07. The van der Waals surface area contributed by atoms with Crippen LogP contribution < -0.4 is 5.01 Å². The van der Waals surface area contributed by atoms with Crippen LogP contribution in [-0.2, 0) is 4.79 Å². The van der Waals surface area contributed by atoms with E-state index in [2.05, 4.69) is 4.98 Å². The predicted molar refractivity (Wildman–Crippen MR) is 81.7 cm³/mol. The first kappa shape index (κ1) is 13.9. The fraction of sp³-hybridized carbons (Fsp3) is 0.200. The summed E-state index contributed by atoms with van der Waals surface area (Å²) < 4.78 is 1.89. The molecular weight excluding hydrogens is 288 g/mol. The van der Waals surface area contributed by atoms with Crippen molar-refractivity contribution in [2.24, 2.45) is 0 Å². The summed E-state index contributed by atoms with van der Waals surface area (Å²) in [5.41, 5.74) is 2.40. The van der Waals surface area contributed by atoms with Crippen molar-refractivity contribution in [3.05, 3.63) is 59.3 Å². The SMILES string of the molecule is CC1=C(C=O)C(n2ccnc2)N(C)N1c1ccccc1Cl. The van der Waals surface area contributed by atoms with Crippen LogP contribution in [0.3, 0.4) is 0 Å². The second kappa shape index (κ2) is 5.35. The number of allylic oxidation sites excluding steroid dienone is 1. The van der Waals surface area contributed by atoms with Crippen molar-refractivity contribution in [1.82, 2.24) is 14.6 Å². The van der Waals surface area contributed by atoms with Gasteiger partial charge in [-0.1, -0.05) is 23.7 Å². The Morgan fingerprint density at radius 1 is 1.33 bits per heavy atom. The van der Waals surface area contributed by atoms with Crippen LogP contribution in [-0.4, -0.2) is 27.9 Å². The molecule has 108 valence electrons. The molecule has 1 atom stereocenters. The number of anilines is 1. The van der Waals surface area contributed by atoms with E-state index in [1.807, 2.05) is 59.0 Å². The minimum atomic E-state index is -0.221. The van der Waals surface area contributed by atoms with Crippen LogP contribution in [0, 0.1) is 0 Å². The largest absolute Gasteiger partial charge is 0.315 e. The Balaban J connectivity index is 2.10. The van der Waals surface area contributed by atoms with Crippen LogP contribution in [0.15, 0.2) is 54.3 Å². The molecule has 0 radical (unpaired) electrons. The van der Waals surface area contributed by atoms with Crippen molar-refractivity contribution in [2.75, 3.05) is 12.1 Å². The summed E-state index contributed by atoms with van der Waals surface area (Å²) in [5.74, 6) is 0. The number of carbonyl (C=O) groups is 1. The van der Waals surface area contributed by atoms with E-state index in [0.717, 1.165) is 17.7 Å². The van der Waals surface area contributed by atoms with Crippen molar-refractivity contribution in [3.63, 3.8) is 0 Å². The van der Waals surface area contributed by atoms with E-state index in [1.54, 1.807) is 12.5 Å². The molecule has 0 N–H and O–H groups in total. The molecule has 1 aliphatic heterocycles. The van der Waals surface area contributed by atoms with E-state index in [-0.39, 0.29) is 6.17 Å². The van der Waals surface area contributed by atoms with E-state index in [0.29, 0.717) is 10.6 Å². The second-order valence-electron chi connectivity index (χ2n) is 4.88. The molecule has 0 aliphatic carbocycles. The molecule has 1 aliphatic rings. The van der Waals surface area contributed by atoms with E-state index >= 15 is 0 Å². The number of nitrogens with zero attached hydrogens (tertiary/aromatic N) is 4. The number of imidazole rings is 1. The molecule has 1 unspecified atom stereocenters.